The van der Waals surface area contributed by atoms with E-state index in [0.29, 0.717) is 0 Å². The minimum absolute atomic E-state index is 0.729. The first kappa shape index (κ1) is 18.3. The Morgan fingerprint density at radius 1 is 0.923 bits per heavy atom. The summed E-state index contributed by atoms with van der Waals surface area (Å²) in [5.74, 6) is 1.46. The lowest BCUT2D eigenvalue weighted by molar-refractivity contribution is 0.130. The molecule has 2 aromatic carbocycles. The van der Waals surface area contributed by atoms with Crippen molar-refractivity contribution in [1.82, 2.24) is 9.91 Å². The van der Waals surface area contributed by atoms with Crippen molar-refractivity contribution in [3.8, 4) is 11.5 Å². The van der Waals surface area contributed by atoms with E-state index in [9.17, 15) is 0 Å². The summed E-state index contributed by atoms with van der Waals surface area (Å²) in [5, 5.41) is 6.97. The molecule has 0 atom stereocenters. The Bertz CT molecular complexity index is 738. The molecule has 0 aromatic heterocycles. The molecule has 1 fully saturated rings. The fourth-order valence-corrected chi connectivity index (χ4v) is 3.17. The van der Waals surface area contributed by atoms with Crippen LogP contribution in [0.3, 0.4) is 0 Å². The smallest absolute Gasteiger partial charge is 0.161 e. The molecule has 26 heavy (non-hydrogen) atoms. The van der Waals surface area contributed by atoms with Crippen LogP contribution in [0.5, 0.6) is 11.5 Å². The van der Waals surface area contributed by atoms with Gasteiger partial charge in [0.1, 0.15) is 0 Å². The van der Waals surface area contributed by atoms with Crippen LogP contribution in [0.1, 0.15) is 18.1 Å². The summed E-state index contributed by atoms with van der Waals surface area (Å²) >= 11 is 0. The summed E-state index contributed by atoms with van der Waals surface area (Å²) in [5.41, 5.74) is 3.41. The van der Waals surface area contributed by atoms with Gasteiger partial charge in [-0.05, 0) is 30.7 Å². The highest BCUT2D eigenvalue weighted by atomic mass is 16.5. The number of methoxy groups -OCH3 is 2. The molecule has 0 amide bonds. The second-order valence-corrected chi connectivity index (χ2v) is 6.47. The summed E-state index contributed by atoms with van der Waals surface area (Å²) < 4.78 is 10.7. The minimum Gasteiger partial charge on any atom is -0.493 e. The summed E-state index contributed by atoms with van der Waals surface area (Å²) in [4.78, 5) is 2.48. The van der Waals surface area contributed by atoms with Gasteiger partial charge in [-0.15, -0.1) is 0 Å². The van der Waals surface area contributed by atoms with Crippen LogP contribution in [0.25, 0.3) is 0 Å². The Kier molecular flexibility index (Phi) is 6.12. The van der Waals surface area contributed by atoms with E-state index in [1.165, 1.54) is 5.56 Å². The van der Waals surface area contributed by atoms with Crippen molar-refractivity contribution in [1.29, 1.82) is 0 Å². The molecule has 5 heteroatoms. The van der Waals surface area contributed by atoms with Crippen LogP contribution >= 0.6 is 0 Å². The molecular formula is C21H27N3O2. The van der Waals surface area contributed by atoms with Gasteiger partial charge in [0.25, 0.3) is 0 Å². The van der Waals surface area contributed by atoms with E-state index in [1.807, 2.05) is 25.1 Å². The molecule has 3 rings (SSSR count). The number of hydrogen-bond donors (Lipinski definition) is 0. The molecule has 0 saturated carbocycles. The van der Waals surface area contributed by atoms with Gasteiger partial charge in [0.2, 0.25) is 0 Å². The third-order valence-corrected chi connectivity index (χ3v) is 4.69. The summed E-state index contributed by atoms with van der Waals surface area (Å²) in [6, 6.07) is 16.6. The van der Waals surface area contributed by atoms with Crippen LogP contribution in [0.2, 0.25) is 0 Å². The average Bonchev–Trinajstić information content (AvgIpc) is 2.69. The van der Waals surface area contributed by atoms with Crippen LogP contribution in [0, 0.1) is 0 Å². The highest BCUT2D eigenvalue weighted by molar-refractivity contribution is 5.99. The van der Waals surface area contributed by atoms with Crippen LogP contribution < -0.4 is 9.47 Å². The number of benzene rings is 2. The molecule has 2 aromatic rings. The number of hydrazone groups is 1. The summed E-state index contributed by atoms with van der Waals surface area (Å²) in [6.07, 6.45) is 0. The maximum Gasteiger partial charge on any atom is 0.161 e. The third-order valence-electron chi connectivity index (χ3n) is 4.69. The van der Waals surface area contributed by atoms with E-state index in [4.69, 9.17) is 14.6 Å². The predicted molar refractivity (Wildman–Crippen MR) is 105 cm³/mol. The van der Waals surface area contributed by atoms with Crippen LogP contribution in [0.15, 0.2) is 53.6 Å². The second kappa shape index (κ2) is 8.72. The van der Waals surface area contributed by atoms with E-state index in [0.717, 1.165) is 55.5 Å². The molecule has 1 aliphatic heterocycles. The Balaban J connectivity index is 1.59. The van der Waals surface area contributed by atoms with Gasteiger partial charge in [-0.3, -0.25) is 9.91 Å². The monoisotopic (exact) mass is 353 g/mol. The standard InChI is InChI=1S/C21H27N3O2/c1-17(19-9-10-20(25-2)21(15-19)26-3)22-24-13-11-23(12-14-24)16-18-7-5-4-6-8-18/h4-10,15H,11-14,16H2,1-3H3. The second-order valence-electron chi connectivity index (χ2n) is 6.47. The van der Waals surface area contributed by atoms with Gasteiger partial charge in [0, 0.05) is 38.3 Å². The molecule has 0 aliphatic carbocycles. The molecule has 1 aliphatic rings. The van der Waals surface area contributed by atoms with Gasteiger partial charge in [-0.2, -0.15) is 5.10 Å². The number of ether oxygens (including phenoxy) is 2. The lowest BCUT2D eigenvalue weighted by atomic mass is 10.1. The SMILES string of the molecule is COc1ccc(C(C)=NN2CCN(Cc3ccccc3)CC2)cc1OC. The van der Waals surface area contributed by atoms with E-state index in [-0.39, 0.29) is 0 Å². The average molecular weight is 353 g/mol. The Labute approximate surface area is 155 Å². The van der Waals surface area contributed by atoms with Crippen molar-refractivity contribution in [3.05, 3.63) is 59.7 Å². The first-order chi connectivity index (χ1) is 12.7. The van der Waals surface area contributed by atoms with Crippen LogP contribution in [-0.2, 0) is 6.54 Å². The first-order valence-corrected chi connectivity index (χ1v) is 8.98. The molecule has 138 valence electrons. The fraction of sp³-hybridized carbons (Fsp3) is 0.381. The van der Waals surface area contributed by atoms with E-state index >= 15 is 0 Å². The van der Waals surface area contributed by atoms with Gasteiger partial charge in [-0.1, -0.05) is 30.3 Å². The molecule has 1 saturated heterocycles. The van der Waals surface area contributed by atoms with Gasteiger partial charge < -0.3 is 9.47 Å². The molecule has 0 spiro atoms. The van der Waals surface area contributed by atoms with Crippen molar-refractivity contribution in [3.63, 3.8) is 0 Å². The zero-order valence-corrected chi connectivity index (χ0v) is 15.8. The van der Waals surface area contributed by atoms with E-state index in [1.54, 1.807) is 14.2 Å². The molecule has 0 unspecified atom stereocenters. The highest BCUT2D eigenvalue weighted by Gasteiger charge is 2.16. The van der Waals surface area contributed by atoms with Crippen molar-refractivity contribution in [2.24, 2.45) is 5.10 Å². The highest BCUT2D eigenvalue weighted by Crippen LogP contribution is 2.27. The number of rotatable bonds is 6. The largest absolute Gasteiger partial charge is 0.493 e. The molecule has 0 bridgehead atoms. The zero-order valence-electron chi connectivity index (χ0n) is 15.8. The maximum atomic E-state index is 5.39. The van der Waals surface area contributed by atoms with Crippen molar-refractivity contribution >= 4 is 5.71 Å². The Morgan fingerprint density at radius 3 is 2.27 bits per heavy atom. The van der Waals surface area contributed by atoms with E-state index < -0.39 is 0 Å². The molecule has 0 radical (unpaired) electrons. The quantitative estimate of drug-likeness (QED) is 0.747. The normalized spacial score (nSPS) is 15.8. The molecule has 5 nitrogen and oxygen atoms in total. The maximum absolute atomic E-state index is 5.39. The molecule has 1 heterocycles. The van der Waals surface area contributed by atoms with Gasteiger partial charge in [-0.25, -0.2) is 0 Å². The number of hydrogen-bond acceptors (Lipinski definition) is 5. The first-order valence-electron chi connectivity index (χ1n) is 8.98. The third kappa shape index (κ3) is 4.55. The minimum atomic E-state index is 0.729. The van der Waals surface area contributed by atoms with Gasteiger partial charge in [0.05, 0.1) is 19.9 Å². The topological polar surface area (TPSA) is 37.3 Å². The van der Waals surface area contributed by atoms with Crippen molar-refractivity contribution in [2.75, 3.05) is 40.4 Å². The van der Waals surface area contributed by atoms with Gasteiger partial charge >= 0.3 is 0 Å². The Hall–Kier alpha value is -2.53. The lowest BCUT2D eigenvalue weighted by Crippen LogP contribution is -2.43. The fourth-order valence-electron chi connectivity index (χ4n) is 3.17. The Morgan fingerprint density at radius 2 is 1.62 bits per heavy atom. The summed E-state index contributed by atoms with van der Waals surface area (Å²) in [7, 11) is 3.30. The predicted octanol–water partition coefficient (Wildman–Crippen LogP) is 3.25. The van der Waals surface area contributed by atoms with Crippen molar-refractivity contribution in [2.45, 2.75) is 13.5 Å². The number of piperazine rings is 1. The van der Waals surface area contributed by atoms with Crippen molar-refractivity contribution < 1.29 is 9.47 Å². The van der Waals surface area contributed by atoms with Crippen LogP contribution in [-0.4, -0.2) is 56.0 Å². The summed E-state index contributed by atoms with van der Waals surface area (Å²) in [6.45, 7) is 6.98. The van der Waals surface area contributed by atoms with Crippen LogP contribution in [0.4, 0.5) is 0 Å². The van der Waals surface area contributed by atoms with Gasteiger partial charge in [0.15, 0.2) is 11.5 Å². The lowest BCUT2D eigenvalue weighted by Gasteiger charge is -2.33. The molecule has 0 N–H and O–H groups in total. The number of nitrogens with zero attached hydrogens (tertiary/aromatic N) is 3. The molecular weight excluding hydrogens is 326 g/mol. The zero-order chi connectivity index (χ0) is 18.4. The van der Waals surface area contributed by atoms with E-state index in [2.05, 4.69) is 40.2 Å².